The summed E-state index contributed by atoms with van der Waals surface area (Å²) in [6, 6.07) is 9.57. The number of hydrogen-bond acceptors (Lipinski definition) is 3. The predicted molar refractivity (Wildman–Crippen MR) is 62.6 cm³/mol. The number of carbonyl (C=O) groups is 2. The van der Waals surface area contributed by atoms with Gasteiger partial charge in [0.15, 0.2) is 0 Å². The summed E-state index contributed by atoms with van der Waals surface area (Å²) in [6.07, 6.45) is -0.577. The quantitative estimate of drug-likeness (QED) is 0.750. The second kappa shape index (κ2) is 6.81. The van der Waals surface area contributed by atoms with Crippen molar-refractivity contribution in [1.29, 1.82) is 0 Å². The number of Topliss-reactive ketones (excluding diaryl/α,β-unsaturated/α-hetero) is 1. The minimum Gasteiger partial charge on any atom is -0.481 e. The molecule has 0 aromatic heterocycles. The molecule has 1 aromatic carbocycles. The average molecular weight is 236 g/mol. The molecule has 0 aliphatic rings. The van der Waals surface area contributed by atoms with Crippen molar-refractivity contribution >= 4 is 11.8 Å². The Labute approximate surface area is 99.9 Å². The Bertz CT molecular complexity index is 372. The molecule has 1 atom stereocenters. The first kappa shape index (κ1) is 13.4. The van der Waals surface area contributed by atoms with Gasteiger partial charge >= 0.3 is 5.97 Å². The van der Waals surface area contributed by atoms with Crippen LogP contribution >= 0.6 is 0 Å². The van der Waals surface area contributed by atoms with Gasteiger partial charge in [-0.2, -0.15) is 0 Å². The number of benzene rings is 1. The summed E-state index contributed by atoms with van der Waals surface area (Å²) in [5.74, 6) is -1.20. The molecule has 0 fully saturated rings. The van der Waals surface area contributed by atoms with Gasteiger partial charge in [-0.05, 0) is 12.0 Å². The molecule has 0 saturated heterocycles. The lowest BCUT2D eigenvalue weighted by atomic mass is 10.0. The molecule has 0 bridgehead atoms. The van der Waals surface area contributed by atoms with Crippen molar-refractivity contribution in [2.45, 2.75) is 31.8 Å². The van der Waals surface area contributed by atoms with Crippen LogP contribution in [0.3, 0.4) is 0 Å². The first-order valence-corrected chi connectivity index (χ1v) is 5.53. The zero-order valence-electron chi connectivity index (χ0n) is 9.50. The first-order chi connectivity index (χ1) is 8.08. The Hall–Kier alpha value is -1.68. The van der Waals surface area contributed by atoms with E-state index in [0.29, 0.717) is 12.8 Å². The molecule has 0 amide bonds. The number of rotatable bonds is 7. The molecule has 17 heavy (non-hydrogen) atoms. The van der Waals surface area contributed by atoms with Crippen LogP contribution in [0, 0.1) is 0 Å². The largest absolute Gasteiger partial charge is 0.481 e. The van der Waals surface area contributed by atoms with E-state index in [0.717, 1.165) is 5.56 Å². The fraction of sp³-hybridized carbons (Fsp3) is 0.385. The Morgan fingerprint density at radius 3 is 2.35 bits per heavy atom. The van der Waals surface area contributed by atoms with Gasteiger partial charge in [0.2, 0.25) is 0 Å². The van der Waals surface area contributed by atoms with Gasteiger partial charge in [-0.1, -0.05) is 30.3 Å². The van der Waals surface area contributed by atoms with Gasteiger partial charge in [0, 0.05) is 12.8 Å². The van der Waals surface area contributed by atoms with Gasteiger partial charge in [0.05, 0.1) is 12.5 Å². The van der Waals surface area contributed by atoms with E-state index in [1.54, 1.807) is 0 Å². The second-order valence-corrected chi connectivity index (χ2v) is 3.98. The molecule has 1 rings (SSSR count). The third kappa shape index (κ3) is 5.82. The monoisotopic (exact) mass is 236 g/mol. The zero-order chi connectivity index (χ0) is 12.7. The van der Waals surface area contributed by atoms with Crippen LogP contribution in [0.4, 0.5) is 0 Å². The first-order valence-electron chi connectivity index (χ1n) is 5.53. The van der Waals surface area contributed by atoms with E-state index >= 15 is 0 Å². The smallest absolute Gasteiger partial charge is 0.305 e. The van der Waals surface area contributed by atoms with Crippen molar-refractivity contribution in [1.82, 2.24) is 0 Å². The summed E-state index contributed by atoms with van der Waals surface area (Å²) >= 11 is 0. The Morgan fingerprint density at radius 1 is 1.12 bits per heavy atom. The van der Waals surface area contributed by atoms with E-state index in [-0.39, 0.29) is 18.6 Å². The predicted octanol–water partition coefficient (Wildman–Crippen LogP) is 1.41. The molecule has 0 heterocycles. The molecule has 0 unspecified atom stereocenters. The van der Waals surface area contributed by atoms with Crippen LogP contribution in [0.2, 0.25) is 0 Å². The Morgan fingerprint density at radius 2 is 1.76 bits per heavy atom. The van der Waals surface area contributed by atoms with E-state index in [4.69, 9.17) is 5.11 Å². The number of aliphatic hydroxyl groups is 1. The normalized spacial score (nSPS) is 12.1. The van der Waals surface area contributed by atoms with Crippen LogP contribution in [-0.4, -0.2) is 28.1 Å². The standard InChI is InChI=1S/C13H16O4/c14-11(8-12(15)9-13(16)17)7-6-10-4-2-1-3-5-10/h1-5,12,15H,6-9H2,(H,16,17)/t12-/m1/s1. The van der Waals surface area contributed by atoms with Gasteiger partial charge in [0.25, 0.3) is 0 Å². The van der Waals surface area contributed by atoms with E-state index < -0.39 is 12.1 Å². The average Bonchev–Trinajstić information content (AvgIpc) is 2.26. The van der Waals surface area contributed by atoms with E-state index in [1.165, 1.54) is 0 Å². The summed E-state index contributed by atoms with van der Waals surface area (Å²) in [7, 11) is 0. The maximum Gasteiger partial charge on any atom is 0.305 e. The minimum atomic E-state index is -1.09. The molecule has 4 heteroatoms. The topological polar surface area (TPSA) is 74.6 Å². The number of carboxylic acids is 1. The number of aliphatic carboxylic acids is 1. The van der Waals surface area contributed by atoms with Gasteiger partial charge in [0.1, 0.15) is 5.78 Å². The molecular formula is C13H16O4. The van der Waals surface area contributed by atoms with Crippen LogP contribution in [0.5, 0.6) is 0 Å². The third-order valence-corrected chi connectivity index (χ3v) is 2.41. The number of aliphatic hydroxyl groups excluding tert-OH is 1. The lowest BCUT2D eigenvalue weighted by molar-refractivity contribution is -0.139. The molecule has 1 aromatic rings. The molecule has 0 radical (unpaired) electrons. The molecule has 2 N–H and O–H groups in total. The SMILES string of the molecule is O=C(O)C[C@H](O)CC(=O)CCc1ccccc1. The van der Waals surface area contributed by atoms with Crippen molar-refractivity contribution in [3.8, 4) is 0 Å². The minimum absolute atomic E-state index is 0.0842. The second-order valence-electron chi connectivity index (χ2n) is 3.98. The van der Waals surface area contributed by atoms with Gasteiger partial charge in [-0.15, -0.1) is 0 Å². The van der Waals surface area contributed by atoms with Crippen LogP contribution in [-0.2, 0) is 16.0 Å². The molecule has 0 saturated carbocycles. The van der Waals surface area contributed by atoms with Crippen molar-refractivity contribution in [2.75, 3.05) is 0 Å². The molecule has 0 aliphatic heterocycles. The fourth-order valence-electron chi connectivity index (χ4n) is 1.57. The summed E-state index contributed by atoms with van der Waals surface area (Å²) in [5.41, 5.74) is 1.06. The third-order valence-electron chi connectivity index (χ3n) is 2.41. The highest BCUT2D eigenvalue weighted by Gasteiger charge is 2.14. The highest BCUT2D eigenvalue weighted by atomic mass is 16.4. The zero-order valence-corrected chi connectivity index (χ0v) is 9.50. The maximum atomic E-state index is 11.5. The number of hydrogen-bond donors (Lipinski definition) is 2. The summed E-state index contributed by atoms with van der Waals surface area (Å²) in [5, 5.41) is 17.7. The Kier molecular flexibility index (Phi) is 5.36. The fourth-order valence-corrected chi connectivity index (χ4v) is 1.57. The van der Waals surface area contributed by atoms with E-state index in [1.807, 2.05) is 30.3 Å². The molecule has 0 aliphatic carbocycles. The van der Waals surface area contributed by atoms with Crippen molar-refractivity contribution < 1.29 is 19.8 Å². The molecular weight excluding hydrogens is 220 g/mol. The highest BCUT2D eigenvalue weighted by Crippen LogP contribution is 2.06. The van der Waals surface area contributed by atoms with Crippen LogP contribution in [0.15, 0.2) is 30.3 Å². The maximum absolute atomic E-state index is 11.5. The lowest BCUT2D eigenvalue weighted by Crippen LogP contribution is -2.17. The molecule has 4 nitrogen and oxygen atoms in total. The van der Waals surface area contributed by atoms with Crippen LogP contribution in [0.25, 0.3) is 0 Å². The van der Waals surface area contributed by atoms with Crippen LogP contribution < -0.4 is 0 Å². The Balaban J connectivity index is 2.28. The molecule has 92 valence electrons. The van der Waals surface area contributed by atoms with Crippen molar-refractivity contribution in [3.05, 3.63) is 35.9 Å². The number of ketones is 1. The van der Waals surface area contributed by atoms with Gasteiger partial charge in [-0.3, -0.25) is 9.59 Å². The lowest BCUT2D eigenvalue weighted by Gasteiger charge is -2.06. The van der Waals surface area contributed by atoms with E-state index in [9.17, 15) is 14.7 Å². The summed E-state index contributed by atoms with van der Waals surface area (Å²) in [6.45, 7) is 0. The van der Waals surface area contributed by atoms with Crippen molar-refractivity contribution in [3.63, 3.8) is 0 Å². The summed E-state index contributed by atoms with van der Waals surface area (Å²) < 4.78 is 0. The highest BCUT2D eigenvalue weighted by molar-refractivity contribution is 5.80. The van der Waals surface area contributed by atoms with Crippen LogP contribution in [0.1, 0.15) is 24.8 Å². The van der Waals surface area contributed by atoms with E-state index in [2.05, 4.69) is 0 Å². The summed E-state index contributed by atoms with van der Waals surface area (Å²) in [4.78, 5) is 21.8. The number of aryl methyl sites for hydroxylation is 1. The van der Waals surface area contributed by atoms with Gasteiger partial charge in [-0.25, -0.2) is 0 Å². The number of carbonyl (C=O) groups excluding carboxylic acids is 1. The van der Waals surface area contributed by atoms with Crippen molar-refractivity contribution in [2.24, 2.45) is 0 Å². The molecule has 0 spiro atoms. The number of carboxylic acid groups (broad SMARTS) is 1. The van der Waals surface area contributed by atoms with Gasteiger partial charge < -0.3 is 10.2 Å².